The number of rotatable bonds is 5. The maximum absolute atomic E-state index is 12.7. The number of pyridine rings is 1. The Balaban J connectivity index is 2.11. The van der Waals surface area contributed by atoms with E-state index in [1.807, 2.05) is 12.1 Å². The molecule has 1 N–H and O–H groups in total. The van der Waals surface area contributed by atoms with Crippen LogP contribution in [0.5, 0.6) is 0 Å². The summed E-state index contributed by atoms with van der Waals surface area (Å²) in [6.07, 6.45) is 1.65. The van der Waals surface area contributed by atoms with E-state index in [0.717, 1.165) is 11.8 Å². The zero-order chi connectivity index (χ0) is 16.2. The molecule has 3 rings (SSSR count). The summed E-state index contributed by atoms with van der Waals surface area (Å²) >= 11 is 1.03. The molecule has 1 aromatic carbocycles. The lowest BCUT2D eigenvalue weighted by Gasteiger charge is -2.12. The first kappa shape index (κ1) is 15.2. The van der Waals surface area contributed by atoms with Crippen molar-refractivity contribution in [3.05, 3.63) is 64.7 Å². The highest BCUT2D eigenvalue weighted by molar-refractivity contribution is 7.99. The van der Waals surface area contributed by atoms with Crippen LogP contribution in [0.25, 0.3) is 10.9 Å². The molecule has 0 radical (unpaired) electrons. The predicted octanol–water partition coefficient (Wildman–Crippen LogP) is 2.02. The Labute approximate surface area is 135 Å². The fraction of sp³-hybridized carbons (Fsp3) is 0.125. The Hall–Kier alpha value is -2.67. The molecule has 2 aromatic heterocycles. The van der Waals surface area contributed by atoms with Crippen LogP contribution < -0.4 is 5.56 Å². The van der Waals surface area contributed by atoms with E-state index < -0.39 is 5.97 Å². The minimum Gasteiger partial charge on any atom is -0.481 e. The first-order valence-electron chi connectivity index (χ1n) is 6.89. The molecule has 0 aliphatic rings. The third-order valence-corrected chi connectivity index (χ3v) is 4.16. The zero-order valence-corrected chi connectivity index (χ0v) is 12.9. The van der Waals surface area contributed by atoms with Crippen LogP contribution in [0.3, 0.4) is 0 Å². The highest BCUT2D eigenvalue weighted by atomic mass is 32.2. The first-order chi connectivity index (χ1) is 11.1. The van der Waals surface area contributed by atoms with Crippen molar-refractivity contribution < 1.29 is 9.90 Å². The van der Waals surface area contributed by atoms with E-state index in [1.165, 1.54) is 4.57 Å². The second-order valence-electron chi connectivity index (χ2n) is 4.81. The summed E-state index contributed by atoms with van der Waals surface area (Å²) < 4.78 is 1.47. The van der Waals surface area contributed by atoms with Crippen molar-refractivity contribution in [2.24, 2.45) is 0 Å². The lowest BCUT2D eigenvalue weighted by Crippen LogP contribution is -2.24. The number of nitrogens with zero attached hydrogens (tertiary/aromatic N) is 3. The van der Waals surface area contributed by atoms with E-state index in [4.69, 9.17) is 5.11 Å². The van der Waals surface area contributed by atoms with Crippen molar-refractivity contribution in [3.8, 4) is 0 Å². The lowest BCUT2D eigenvalue weighted by atomic mass is 10.2. The lowest BCUT2D eigenvalue weighted by molar-refractivity contribution is -0.133. The summed E-state index contributed by atoms with van der Waals surface area (Å²) in [5.74, 6) is -1.12. The molecule has 0 unspecified atom stereocenters. The molecule has 23 heavy (non-hydrogen) atoms. The highest BCUT2D eigenvalue weighted by Gasteiger charge is 2.13. The maximum atomic E-state index is 12.7. The van der Waals surface area contributed by atoms with E-state index >= 15 is 0 Å². The molecule has 7 heteroatoms. The number of fused-ring (bicyclic) bond motifs is 1. The van der Waals surface area contributed by atoms with Gasteiger partial charge in [0.05, 0.1) is 28.9 Å². The van der Waals surface area contributed by atoms with Gasteiger partial charge in [0.25, 0.3) is 5.56 Å². The molecule has 116 valence electrons. The summed E-state index contributed by atoms with van der Waals surface area (Å²) in [6.45, 7) is 0.249. The van der Waals surface area contributed by atoms with Crippen LogP contribution in [0.2, 0.25) is 0 Å². The number of hydrogen-bond donors (Lipinski definition) is 1. The van der Waals surface area contributed by atoms with Gasteiger partial charge in [-0.25, -0.2) is 4.98 Å². The summed E-state index contributed by atoms with van der Waals surface area (Å²) in [5, 5.41) is 9.77. The van der Waals surface area contributed by atoms with Crippen LogP contribution in [-0.2, 0) is 11.3 Å². The number of aliphatic carboxylic acids is 1. The van der Waals surface area contributed by atoms with Gasteiger partial charge in [0.1, 0.15) is 0 Å². The topological polar surface area (TPSA) is 85.1 Å². The van der Waals surface area contributed by atoms with Gasteiger partial charge in [-0.3, -0.25) is 19.1 Å². The van der Waals surface area contributed by atoms with Crippen molar-refractivity contribution in [2.75, 3.05) is 5.75 Å². The van der Waals surface area contributed by atoms with E-state index in [0.29, 0.717) is 21.8 Å². The predicted molar refractivity (Wildman–Crippen MR) is 87.7 cm³/mol. The molecule has 0 fully saturated rings. The van der Waals surface area contributed by atoms with Crippen LogP contribution in [0.15, 0.2) is 58.6 Å². The quantitative estimate of drug-likeness (QED) is 0.570. The molecule has 0 saturated carbocycles. The summed E-state index contributed by atoms with van der Waals surface area (Å²) in [4.78, 5) is 32.2. The highest BCUT2D eigenvalue weighted by Crippen LogP contribution is 2.18. The Morgan fingerprint density at radius 1 is 1.17 bits per heavy atom. The van der Waals surface area contributed by atoms with Crippen molar-refractivity contribution in [1.82, 2.24) is 14.5 Å². The van der Waals surface area contributed by atoms with Crippen molar-refractivity contribution >= 4 is 28.6 Å². The number of carboxylic acids is 1. The Morgan fingerprint density at radius 3 is 2.70 bits per heavy atom. The van der Waals surface area contributed by atoms with Crippen LogP contribution >= 0.6 is 11.8 Å². The van der Waals surface area contributed by atoms with E-state index in [-0.39, 0.29) is 17.9 Å². The molecule has 0 bridgehead atoms. The van der Waals surface area contributed by atoms with Gasteiger partial charge >= 0.3 is 5.97 Å². The van der Waals surface area contributed by atoms with Crippen LogP contribution in [0.4, 0.5) is 0 Å². The van der Waals surface area contributed by atoms with Gasteiger partial charge in [0.15, 0.2) is 5.16 Å². The molecule has 0 atom stereocenters. The molecular formula is C16H13N3O3S. The van der Waals surface area contributed by atoms with Crippen LogP contribution in [0.1, 0.15) is 5.69 Å². The average molecular weight is 327 g/mol. The summed E-state index contributed by atoms with van der Waals surface area (Å²) in [5.41, 5.74) is 1.07. The number of thioether (sulfide) groups is 1. The number of para-hydroxylation sites is 1. The van der Waals surface area contributed by atoms with E-state index in [9.17, 15) is 9.59 Å². The van der Waals surface area contributed by atoms with Crippen LogP contribution in [0, 0.1) is 0 Å². The van der Waals surface area contributed by atoms with Gasteiger partial charge < -0.3 is 5.11 Å². The molecule has 0 saturated heterocycles. The second kappa shape index (κ2) is 6.62. The van der Waals surface area contributed by atoms with Gasteiger partial charge in [-0.2, -0.15) is 0 Å². The van der Waals surface area contributed by atoms with E-state index in [1.54, 1.807) is 36.5 Å². The molecule has 0 aliphatic carbocycles. The van der Waals surface area contributed by atoms with Gasteiger partial charge in [-0.1, -0.05) is 30.0 Å². The van der Waals surface area contributed by atoms with Gasteiger partial charge in [0.2, 0.25) is 0 Å². The number of carboxylic acid groups (broad SMARTS) is 1. The van der Waals surface area contributed by atoms with Gasteiger partial charge in [0, 0.05) is 6.20 Å². The number of hydrogen-bond acceptors (Lipinski definition) is 5. The number of benzene rings is 1. The Morgan fingerprint density at radius 2 is 1.96 bits per heavy atom. The minimum absolute atomic E-state index is 0.160. The largest absolute Gasteiger partial charge is 0.481 e. The zero-order valence-electron chi connectivity index (χ0n) is 12.0. The Kier molecular flexibility index (Phi) is 4.38. The summed E-state index contributed by atoms with van der Waals surface area (Å²) in [7, 11) is 0. The molecule has 0 aliphatic heterocycles. The van der Waals surface area contributed by atoms with Gasteiger partial charge in [-0.05, 0) is 24.3 Å². The smallest absolute Gasteiger partial charge is 0.313 e. The monoisotopic (exact) mass is 327 g/mol. The molecule has 0 spiro atoms. The van der Waals surface area contributed by atoms with Crippen molar-refractivity contribution in [3.63, 3.8) is 0 Å². The second-order valence-corrected chi connectivity index (χ2v) is 5.75. The number of aromatic nitrogens is 3. The van der Waals surface area contributed by atoms with Gasteiger partial charge in [-0.15, -0.1) is 0 Å². The number of carbonyl (C=O) groups is 1. The van der Waals surface area contributed by atoms with Crippen molar-refractivity contribution in [2.45, 2.75) is 11.7 Å². The third-order valence-electron chi connectivity index (χ3n) is 3.20. The molecule has 3 aromatic rings. The molecular weight excluding hydrogens is 314 g/mol. The van der Waals surface area contributed by atoms with E-state index in [2.05, 4.69) is 9.97 Å². The first-order valence-corrected chi connectivity index (χ1v) is 7.88. The molecule has 0 amide bonds. The SMILES string of the molecule is O=C(O)CSc1nc2ccccc2c(=O)n1Cc1ccccn1. The normalized spacial score (nSPS) is 10.8. The fourth-order valence-electron chi connectivity index (χ4n) is 2.18. The average Bonchev–Trinajstić information content (AvgIpc) is 2.57. The standard InChI is InChI=1S/C16H13N3O3S/c20-14(21)10-23-16-18-13-7-2-1-6-12(13)15(22)19(16)9-11-5-3-4-8-17-11/h1-8H,9-10H2,(H,20,21). The minimum atomic E-state index is -0.957. The molecule has 6 nitrogen and oxygen atoms in total. The molecule has 2 heterocycles. The van der Waals surface area contributed by atoms with Crippen LogP contribution in [-0.4, -0.2) is 31.4 Å². The van der Waals surface area contributed by atoms with Crippen molar-refractivity contribution in [1.29, 1.82) is 0 Å². The third kappa shape index (κ3) is 3.40. The maximum Gasteiger partial charge on any atom is 0.313 e. The summed E-state index contributed by atoms with van der Waals surface area (Å²) in [6, 6.07) is 12.5. The Bertz CT molecular complexity index is 909. The fourth-order valence-corrected chi connectivity index (χ4v) is 2.90.